The number of rotatable bonds is 6. The van der Waals surface area contributed by atoms with Crippen LogP contribution in [0.4, 0.5) is 0 Å². The Morgan fingerprint density at radius 1 is 1.10 bits per heavy atom. The first kappa shape index (κ1) is 28.8. The van der Waals surface area contributed by atoms with E-state index in [2.05, 4.69) is 12.2 Å². The van der Waals surface area contributed by atoms with E-state index in [0.717, 1.165) is 23.1 Å². The van der Waals surface area contributed by atoms with Gasteiger partial charge in [-0.15, -0.1) is 0 Å². The van der Waals surface area contributed by atoms with Gasteiger partial charge in [0.2, 0.25) is 5.91 Å². The summed E-state index contributed by atoms with van der Waals surface area (Å²) in [4.78, 5) is 68.1. The summed E-state index contributed by atoms with van der Waals surface area (Å²) in [6.07, 6.45) is 1.06. The number of nitrogens with one attached hydrogen (secondary N) is 1. The van der Waals surface area contributed by atoms with Crippen molar-refractivity contribution < 1.29 is 34.2 Å². The zero-order chi connectivity index (χ0) is 30.0. The molecule has 0 aromatic heterocycles. The molecule has 0 saturated heterocycles. The highest BCUT2D eigenvalue weighted by atomic mass is 16.3. The Morgan fingerprint density at radius 2 is 1.76 bits per heavy atom. The normalized spacial score (nSPS) is 30.0. The van der Waals surface area contributed by atoms with Crippen LogP contribution in [-0.4, -0.2) is 83.0 Å². The Labute approximate surface area is 237 Å². The molecule has 0 heterocycles. The Morgan fingerprint density at radius 3 is 2.34 bits per heavy atom. The third kappa shape index (κ3) is 4.32. The first-order valence-electron chi connectivity index (χ1n) is 13.8. The number of hydrogen-bond acceptors (Lipinski definition) is 9. The third-order valence-electron chi connectivity index (χ3n) is 9.24. The molecule has 10 nitrogen and oxygen atoms in total. The molecule has 1 amide bonds. The van der Waals surface area contributed by atoms with Crippen molar-refractivity contribution in [3.05, 3.63) is 53.1 Å². The maximum absolute atomic E-state index is 13.9. The number of aliphatic hydroxyl groups is 1. The van der Waals surface area contributed by atoms with E-state index in [4.69, 9.17) is 5.73 Å². The molecular weight excluding hydrogens is 526 g/mol. The van der Waals surface area contributed by atoms with Gasteiger partial charge in [0, 0.05) is 12.0 Å². The molecule has 5 rings (SSSR count). The molecule has 0 spiro atoms. The lowest BCUT2D eigenvalue weighted by atomic mass is 9.52. The number of phenolic OH excluding ortho intramolecular Hbond substituents is 1. The van der Waals surface area contributed by atoms with Crippen molar-refractivity contribution in [1.82, 2.24) is 10.2 Å². The molecule has 10 heteroatoms. The maximum Gasteiger partial charge on any atom is 0.235 e. The molecule has 5 N–H and O–H groups in total. The topological polar surface area (TPSA) is 167 Å². The second-order valence-electron chi connectivity index (χ2n) is 11.9. The summed E-state index contributed by atoms with van der Waals surface area (Å²) in [6.45, 7) is 2.08. The highest BCUT2D eigenvalue weighted by molar-refractivity contribution is 6.32. The van der Waals surface area contributed by atoms with Gasteiger partial charge in [0.25, 0.3) is 0 Å². The highest BCUT2D eigenvalue weighted by Gasteiger charge is 2.69. The van der Waals surface area contributed by atoms with Crippen LogP contribution < -0.4 is 11.1 Å². The summed E-state index contributed by atoms with van der Waals surface area (Å²) < 4.78 is 0. The predicted molar refractivity (Wildman–Crippen MR) is 149 cm³/mol. The van der Waals surface area contributed by atoms with Gasteiger partial charge in [-0.3, -0.25) is 28.9 Å². The van der Waals surface area contributed by atoms with E-state index in [1.54, 1.807) is 20.2 Å². The van der Waals surface area contributed by atoms with Gasteiger partial charge in [0.15, 0.2) is 34.7 Å². The van der Waals surface area contributed by atoms with E-state index < -0.39 is 64.4 Å². The van der Waals surface area contributed by atoms with Gasteiger partial charge in [-0.05, 0) is 81.6 Å². The van der Waals surface area contributed by atoms with Crippen LogP contribution in [0.25, 0.3) is 11.1 Å². The summed E-state index contributed by atoms with van der Waals surface area (Å²) in [6, 6.07) is 10.2. The molecule has 7 unspecified atom stereocenters. The van der Waals surface area contributed by atoms with Crippen LogP contribution in [0.1, 0.15) is 34.8 Å². The van der Waals surface area contributed by atoms with Crippen LogP contribution in [0.5, 0.6) is 5.75 Å². The minimum absolute atomic E-state index is 0.0121. The van der Waals surface area contributed by atoms with Gasteiger partial charge < -0.3 is 21.3 Å². The molecule has 2 fully saturated rings. The summed E-state index contributed by atoms with van der Waals surface area (Å²) >= 11 is 0. The summed E-state index contributed by atoms with van der Waals surface area (Å²) in [5.74, 6) is -10.5. The average Bonchev–Trinajstić information content (AvgIpc) is 2.91. The minimum Gasteiger partial charge on any atom is -0.507 e. The van der Waals surface area contributed by atoms with Crippen molar-refractivity contribution in [2.24, 2.45) is 29.4 Å². The fourth-order valence-electron chi connectivity index (χ4n) is 7.15. The number of carbonyl (C=O) groups excluding carboxylic acids is 5. The van der Waals surface area contributed by atoms with Crippen LogP contribution in [0.2, 0.25) is 0 Å². The number of nitrogens with two attached hydrogens (primary N) is 1. The summed E-state index contributed by atoms with van der Waals surface area (Å²) in [7, 11) is 5.02. The lowest BCUT2D eigenvalue weighted by molar-refractivity contribution is -0.181. The van der Waals surface area contributed by atoms with Crippen LogP contribution in [-0.2, 0) is 32.0 Å². The number of carbonyl (C=O) groups is 5. The first-order valence-corrected chi connectivity index (χ1v) is 13.8. The van der Waals surface area contributed by atoms with Gasteiger partial charge in [0.05, 0.1) is 17.5 Å². The molecule has 2 aromatic carbocycles. The quantitative estimate of drug-likeness (QED) is 0.371. The number of Topliss-reactive ketones (excluding diaryl/α,β-unsaturated/α-hetero) is 4. The van der Waals surface area contributed by atoms with Crippen LogP contribution in [0.15, 0.2) is 36.4 Å². The van der Waals surface area contributed by atoms with Crippen molar-refractivity contribution in [3.8, 4) is 16.9 Å². The van der Waals surface area contributed by atoms with E-state index >= 15 is 0 Å². The first-order chi connectivity index (χ1) is 19.3. The fraction of sp³-hybridized carbons (Fsp3) is 0.452. The van der Waals surface area contributed by atoms with Gasteiger partial charge >= 0.3 is 0 Å². The van der Waals surface area contributed by atoms with Gasteiger partial charge in [-0.1, -0.05) is 30.3 Å². The molecule has 41 heavy (non-hydrogen) atoms. The molecule has 2 aromatic rings. The molecular formula is C31H35N3O7. The van der Waals surface area contributed by atoms with E-state index in [0.29, 0.717) is 11.6 Å². The van der Waals surface area contributed by atoms with Crippen molar-refractivity contribution >= 4 is 29.0 Å². The van der Waals surface area contributed by atoms with E-state index in [1.807, 2.05) is 31.3 Å². The Kier molecular flexibility index (Phi) is 7.21. The number of fused-ring (bicyclic) bond motifs is 3. The molecule has 0 radical (unpaired) electrons. The zero-order valence-corrected chi connectivity index (χ0v) is 23.5. The van der Waals surface area contributed by atoms with Crippen LogP contribution >= 0.6 is 0 Å². The standard InChI is InChI=1S/C31H35N3O7/c1-14(33-2)11-15-5-7-16(8-6-15)18-9-10-21(35)23-19(18)12-17-13-20-25(34(3)4)27(37)24(30(32)40)29(39)31(20,41)28(38)22(17)26(23)36/h5-10,14,17,20,22,24-25,33,35,41H,11-13H2,1-4H3,(H2,32,40). The Balaban J connectivity index is 1.58. The van der Waals surface area contributed by atoms with Crippen LogP contribution in [0.3, 0.4) is 0 Å². The molecule has 2 saturated carbocycles. The number of likely N-dealkylation sites (N-methyl/N-ethyl adjacent to an activating group) is 2. The number of primary amides is 1. The molecule has 3 aliphatic carbocycles. The molecule has 3 aliphatic rings. The predicted octanol–water partition coefficient (Wildman–Crippen LogP) is 0.684. The van der Waals surface area contributed by atoms with Gasteiger partial charge in [-0.2, -0.15) is 0 Å². The van der Waals surface area contributed by atoms with Gasteiger partial charge in [0.1, 0.15) is 5.75 Å². The van der Waals surface area contributed by atoms with E-state index in [-0.39, 0.29) is 24.2 Å². The second kappa shape index (κ2) is 10.3. The lowest BCUT2D eigenvalue weighted by Crippen LogP contribution is -2.74. The second-order valence-corrected chi connectivity index (χ2v) is 11.9. The average molecular weight is 562 g/mol. The Bertz CT molecular complexity index is 1470. The third-order valence-corrected chi connectivity index (χ3v) is 9.24. The fourth-order valence-corrected chi connectivity index (χ4v) is 7.15. The number of hydrogen-bond donors (Lipinski definition) is 4. The largest absolute Gasteiger partial charge is 0.507 e. The van der Waals surface area contributed by atoms with Gasteiger partial charge in [-0.25, -0.2) is 0 Å². The monoisotopic (exact) mass is 561 g/mol. The summed E-state index contributed by atoms with van der Waals surface area (Å²) in [5, 5.41) is 25.7. The number of phenols is 1. The van der Waals surface area contributed by atoms with E-state index in [9.17, 15) is 34.2 Å². The van der Waals surface area contributed by atoms with Crippen molar-refractivity contribution in [2.75, 3.05) is 21.1 Å². The SMILES string of the molecule is CNC(C)Cc1ccc(-c2ccc(O)c3c2CC2CC4C(N(C)C)C(=O)C(C(N)=O)C(=O)C4(O)C(=O)C2C3=O)cc1. The number of aromatic hydroxyl groups is 1. The highest BCUT2D eigenvalue weighted by Crippen LogP contribution is 2.51. The number of ketones is 4. The van der Waals surface area contributed by atoms with Crippen molar-refractivity contribution in [2.45, 2.75) is 43.9 Å². The van der Waals surface area contributed by atoms with Crippen LogP contribution in [0, 0.1) is 23.7 Å². The summed E-state index contributed by atoms with van der Waals surface area (Å²) in [5.41, 5.74) is 5.91. The molecule has 0 aliphatic heterocycles. The minimum atomic E-state index is -2.73. The molecule has 0 bridgehead atoms. The maximum atomic E-state index is 13.9. The Hall–Kier alpha value is -3.73. The van der Waals surface area contributed by atoms with E-state index in [1.165, 1.54) is 11.0 Å². The smallest absolute Gasteiger partial charge is 0.235 e. The van der Waals surface area contributed by atoms with Crippen molar-refractivity contribution in [3.63, 3.8) is 0 Å². The zero-order valence-electron chi connectivity index (χ0n) is 23.5. The number of nitrogens with zero attached hydrogens (tertiary/aromatic N) is 1. The molecule has 216 valence electrons. The lowest BCUT2D eigenvalue weighted by Gasteiger charge is -2.52. The number of benzene rings is 2. The number of amides is 1. The molecule has 7 atom stereocenters. The van der Waals surface area contributed by atoms with Crippen molar-refractivity contribution in [1.29, 1.82) is 0 Å².